The maximum absolute atomic E-state index is 12.9. The highest BCUT2D eigenvalue weighted by Crippen LogP contribution is 2.28. The van der Waals surface area contributed by atoms with Gasteiger partial charge in [-0.15, -0.1) is 0 Å². The quantitative estimate of drug-likeness (QED) is 0.823. The van der Waals surface area contributed by atoms with Crippen molar-refractivity contribution in [2.24, 2.45) is 5.92 Å². The molecule has 1 heterocycles. The minimum absolute atomic E-state index is 0.0415. The Hall–Kier alpha value is -1.82. The van der Waals surface area contributed by atoms with Gasteiger partial charge in [0.05, 0.1) is 11.4 Å². The van der Waals surface area contributed by atoms with Crippen LogP contribution in [-0.4, -0.2) is 22.7 Å². The smallest absolute Gasteiger partial charge is 0.256 e. The number of rotatable bonds is 6. The van der Waals surface area contributed by atoms with Crippen molar-refractivity contribution in [1.82, 2.24) is 10.3 Å². The molecular weight excluding hydrogens is 303 g/mol. The lowest BCUT2D eigenvalue weighted by Gasteiger charge is -2.11. The molecule has 0 aliphatic carbocycles. The van der Waals surface area contributed by atoms with E-state index in [2.05, 4.69) is 10.3 Å². The summed E-state index contributed by atoms with van der Waals surface area (Å²) < 4.78 is 18.5. The van der Waals surface area contributed by atoms with Crippen LogP contribution >= 0.6 is 11.8 Å². The lowest BCUT2D eigenvalue weighted by atomic mass is 10.2. The van der Waals surface area contributed by atoms with E-state index < -0.39 is 0 Å². The lowest BCUT2D eigenvalue weighted by Crippen LogP contribution is -2.33. The van der Waals surface area contributed by atoms with Crippen molar-refractivity contribution in [2.45, 2.75) is 31.2 Å². The highest BCUT2D eigenvalue weighted by Gasteiger charge is 2.17. The van der Waals surface area contributed by atoms with Gasteiger partial charge < -0.3 is 9.73 Å². The standard InChI is InChI=1S/C16H19FN2O2S/c1-10(2)8-18-15(20)11(3)22-16-19-9-14(21-16)12-4-6-13(17)7-5-12/h4-7,9-11H,8H2,1-3H3,(H,18,20)/t11-/m1/s1. The van der Waals surface area contributed by atoms with Gasteiger partial charge >= 0.3 is 0 Å². The summed E-state index contributed by atoms with van der Waals surface area (Å²) >= 11 is 1.26. The molecule has 0 spiro atoms. The van der Waals surface area contributed by atoms with E-state index in [1.54, 1.807) is 18.3 Å². The first-order valence-corrected chi connectivity index (χ1v) is 8.00. The van der Waals surface area contributed by atoms with E-state index in [0.29, 0.717) is 23.4 Å². The van der Waals surface area contributed by atoms with Gasteiger partial charge in [-0.2, -0.15) is 0 Å². The number of hydrogen-bond acceptors (Lipinski definition) is 4. The molecular formula is C16H19FN2O2S. The Morgan fingerprint density at radius 3 is 2.64 bits per heavy atom. The van der Waals surface area contributed by atoms with Crippen LogP contribution in [0.5, 0.6) is 0 Å². The third kappa shape index (κ3) is 4.59. The Morgan fingerprint density at radius 1 is 1.32 bits per heavy atom. The number of hydrogen-bond donors (Lipinski definition) is 1. The topological polar surface area (TPSA) is 55.1 Å². The number of nitrogens with one attached hydrogen (secondary N) is 1. The summed E-state index contributed by atoms with van der Waals surface area (Å²) in [5.74, 6) is 0.624. The Labute approximate surface area is 133 Å². The van der Waals surface area contributed by atoms with Gasteiger partial charge in [0, 0.05) is 12.1 Å². The minimum atomic E-state index is -0.298. The fourth-order valence-electron chi connectivity index (χ4n) is 1.71. The van der Waals surface area contributed by atoms with Crippen molar-refractivity contribution >= 4 is 17.7 Å². The maximum atomic E-state index is 12.9. The molecule has 1 amide bonds. The molecule has 4 nitrogen and oxygen atoms in total. The second kappa shape index (κ2) is 7.45. The number of carbonyl (C=O) groups is 1. The normalized spacial score (nSPS) is 12.4. The van der Waals surface area contributed by atoms with Gasteiger partial charge in [0.25, 0.3) is 5.22 Å². The lowest BCUT2D eigenvalue weighted by molar-refractivity contribution is -0.120. The first kappa shape index (κ1) is 16.5. The largest absolute Gasteiger partial charge is 0.431 e. The average Bonchev–Trinajstić information content (AvgIpc) is 2.93. The zero-order valence-electron chi connectivity index (χ0n) is 12.8. The molecule has 22 heavy (non-hydrogen) atoms. The van der Waals surface area contributed by atoms with E-state index in [4.69, 9.17) is 4.42 Å². The van der Waals surface area contributed by atoms with E-state index >= 15 is 0 Å². The highest BCUT2D eigenvalue weighted by atomic mass is 32.2. The molecule has 0 fully saturated rings. The average molecular weight is 322 g/mol. The third-order valence-electron chi connectivity index (χ3n) is 2.94. The molecule has 118 valence electrons. The van der Waals surface area contributed by atoms with Gasteiger partial charge in [-0.3, -0.25) is 4.79 Å². The van der Waals surface area contributed by atoms with Gasteiger partial charge in [0.1, 0.15) is 5.82 Å². The van der Waals surface area contributed by atoms with E-state index in [0.717, 1.165) is 5.56 Å². The van der Waals surface area contributed by atoms with Crippen molar-refractivity contribution in [1.29, 1.82) is 0 Å². The van der Waals surface area contributed by atoms with Crippen LogP contribution in [0, 0.1) is 11.7 Å². The van der Waals surface area contributed by atoms with Crippen LogP contribution in [0.2, 0.25) is 0 Å². The minimum Gasteiger partial charge on any atom is -0.431 e. The number of carbonyl (C=O) groups excluding carboxylic acids is 1. The molecule has 0 bridgehead atoms. The summed E-state index contributed by atoms with van der Waals surface area (Å²) in [6.45, 7) is 6.54. The summed E-state index contributed by atoms with van der Waals surface area (Å²) in [7, 11) is 0. The summed E-state index contributed by atoms with van der Waals surface area (Å²) in [6, 6.07) is 5.99. The predicted octanol–water partition coefficient (Wildman–Crippen LogP) is 3.73. The summed E-state index contributed by atoms with van der Waals surface area (Å²) in [5, 5.41) is 3.01. The molecule has 6 heteroatoms. The molecule has 0 aliphatic rings. The van der Waals surface area contributed by atoms with Crippen LogP contribution in [-0.2, 0) is 4.79 Å². The maximum Gasteiger partial charge on any atom is 0.256 e. The van der Waals surface area contributed by atoms with E-state index in [9.17, 15) is 9.18 Å². The van der Waals surface area contributed by atoms with Crippen LogP contribution in [0.25, 0.3) is 11.3 Å². The number of oxazole rings is 1. The van der Waals surface area contributed by atoms with Gasteiger partial charge in [-0.05, 0) is 37.1 Å². The molecule has 0 saturated heterocycles. The molecule has 0 unspecified atom stereocenters. The molecule has 2 aromatic rings. The number of amides is 1. The highest BCUT2D eigenvalue weighted by molar-refractivity contribution is 8.00. The van der Waals surface area contributed by atoms with E-state index in [-0.39, 0.29) is 17.0 Å². The number of nitrogens with zero attached hydrogens (tertiary/aromatic N) is 1. The number of benzene rings is 1. The van der Waals surface area contributed by atoms with Gasteiger partial charge in [0.15, 0.2) is 5.76 Å². The second-order valence-electron chi connectivity index (χ2n) is 5.40. The fraction of sp³-hybridized carbons (Fsp3) is 0.375. The predicted molar refractivity (Wildman–Crippen MR) is 85.1 cm³/mol. The Morgan fingerprint density at radius 2 is 2.00 bits per heavy atom. The SMILES string of the molecule is CC(C)CNC(=O)[C@@H](C)Sc1ncc(-c2ccc(F)cc2)o1. The van der Waals surface area contributed by atoms with Crippen LogP contribution in [0.1, 0.15) is 20.8 Å². The molecule has 0 radical (unpaired) electrons. The number of aromatic nitrogens is 1. The van der Waals surface area contributed by atoms with Crippen LogP contribution in [0.4, 0.5) is 4.39 Å². The van der Waals surface area contributed by atoms with Crippen molar-refractivity contribution < 1.29 is 13.6 Å². The molecule has 2 rings (SSSR count). The van der Waals surface area contributed by atoms with E-state index in [1.165, 1.54) is 23.9 Å². The van der Waals surface area contributed by atoms with Crippen LogP contribution in [0.3, 0.4) is 0 Å². The Balaban J connectivity index is 1.96. The van der Waals surface area contributed by atoms with Crippen molar-refractivity contribution in [3.63, 3.8) is 0 Å². The fourth-order valence-corrected chi connectivity index (χ4v) is 2.46. The second-order valence-corrected chi connectivity index (χ2v) is 6.69. The zero-order valence-corrected chi connectivity index (χ0v) is 13.6. The van der Waals surface area contributed by atoms with Crippen molar-refractivity contribution in [2.75, 3.05) is 6.54 Å². The Bertz CT molecular complexity index is 625. The van der Waals surface area contributed by atoms with Crippen LogP contribution < -0.4 is 5.32 Å². The number of halogens is 1. The van der Waals surface area contributed by atoms with Crippen molar-refractivity contribution in [3.8, 4) is 11.3 Å². The van der Waals surface area contributed by atoms with Crippen molar-refractivity contribution in [3.05, 3.63) is 36.3 Å². The number of thioether (sulfide) groups is 1. The summed E-state index contributed by atoms with van der Waals surface area (Å²) in [5.41, 5.74) is 0.748. The van der Waals surface area contributed by atoms with E-state index in [1.807, 2.05) is 20.8 Å². The molecule has 0 aliphatic heterocycles. The first-order chi connectivity index (χ1) is 10.5. The summed E-state index contributed by atoms with van der Waals surface area (Å²) in [6.07, 6.45) is 1.58. The van der Waals surface area contributed by atoms with Crippen LogP contribution in [0.15, 0.2) is 40.1 Å². The van der Waals surface area contributed by atoms with Gasteiger partial charge in [-0.1, -0.05) is 25.6 Å². The molecule has 1 aromatic heterocycles. The molecule has 1 atom stereocenters. The molecule has 0 saturated carbocycles. The Kier molecular flexibility index (Phi) is 5.60. The third-order valence-corrected chi connectivity index (χ3v) is 3.90. The molecule has 1 N–H and O–H groups in total. The van der Waals surface area contributed by atoms with Gasteiger partial charge in [0.2, 0.25) is 5.91 Å². The zero-order chi connectivity index (χ0) is 16.1. The first-order valence-electron chi connectivity index (χ1n) is 7.12. The monoisotopic (exact) mass is 322 g/mol. The van der Waals surface area contributed by atoms with Gasteiger partial charge in [-0.25, -0.2) is 9.37 Å². The molecule has 1 aromatic carbocycles. The summed E-state index contributed by atoms with van der Waals surface area (Å²) in [4.78, 5) is 16.1.